The molecule has 1 N–H and O–H groups in total. The van der Waals surface area contributed by atoms with E-state index >= 15 is 0 Å². The molecule has 0 radical (unpaired) electrons. The summed E-state index contributed by atoms with van der Waals surface area (Å²) in [5.74, 6) is 1.03. The Bertz CT molecular complexity index is 441. The number of hydrogen-bond acceptors (Lipinski definition) is 3. The molecule has 0 amide bonds. The SMILES string of the molecule is CC(C)CNCc1cc(F)ccc1OCCCCC#N. The van der Waals surface area contributed by atoms with Crippen LogP contribution in [0.2, 0.25) is 0 Å². The highest BCUT2D eigenvalue weighted by molar-refractivity contribution is 5.33. The van der Waals surface area contributed by atoms with Crippen molar-refractivity contribution in [2.75, 3.05) is 13.2 Å². The molecule has 0 heterocycles. The van der Waals surface area contributed by atoms with Gasteiger partial charge in [-0.3, -0.25) is 0 Å². The molecule has 0 aliphatic rings. The first-order valence-electron chi connectivity index (χ1n) is 7.12. The van der Waals surface area contributed by atoms with Gasteiger partial charge in [0, 0.05) is 18.5 Å². The molecular weight excluding hydrogens is 255 g/mol. The van der Waals surface area contributed by atoms with Gasteiger partial charge in [-0.05, 0) is 43.5 Å². The first kappa shape index (κ1) is 16.5. The Labute approximate surface area is 120 Å². The second-order valence-electron chi connectivity index (χ2n) is 5.24. The first-order chi connectivity index (χ1) is 9.63. The number of ether oxygens (including phenoxy) is 1. The zero-order valence-electron chi connectivity index (χ0n) is 12.3. The fourth-order valence-corrected chi connectivity index (χ4v) is 1.81. The normalized spacial score (nSPS) is 10.6. The van der Waals surface area contributed by atoms with E-state index in [4.69, 9.17) is 10.00 Å². The number of rotatable bonds is 9. The van der Waals surface area contributed by atoms with Gasteiger partial charge in [-0.25, -0.2) is 4.39 Å². The first-order valence-corrected chi connectivity index (χ1v) is 7.12. The molecule has 0 saturated carbocycles. The summed E-state index contributed by atoms with van der Waals surface area (Å²) in [6.07, 6.45) is 2.22. The molecule has 0 aliphatic carbocycles. The van der Waals surface area contributed by atoms with E-state index in [1.54, 1.807) is 6.07 Å². The summed E-state index contributed by atoms with van der Waals surface area (Å²) in [7, 11) is 0. The van der Waals surface area contributed by atoms with Gasteiger partial charge >= 0.3 is 0 Å². The van der Waals surface area contributed by atoms with Crippen molar-refractivity contribution in [3.8, 4) is 11.8 Å². The van der Waals surface area contributed by atoms with Gasteiger partial charge < -0.3 is 10.1 Å². The highest BCUT2D eigenvalue weighted by atomic mass is 19.1. The molecule has 3 nitrogen and oxygen atoms in total. The van der Waals surface area contributed by atoms with Gasteiger partial charge in [-0.15, -0.1) is 0 Å². The van der Waals surface area contributed by atoms with Gasteiger partial charge in [-0.2, -0.15) is 5.26 Å². The largest absolute Gasteiger partial charge is 0.493 e. The Morgan fingerprint density at radius 2 is 2.15 bits per heavy atom. The van der Waals surface area contributed by atoms with Crippen LogP contribution in [-0.2, 0) is 6.54 Å². The van der Waals surface area contributed by atoms with Crippen LogP contribution in [0.15, 0.2) is 18.2 Å². The highest BCUT2D eigenvalue weighted by Gasteiger charge is 2.06. The average molecular weight is 278 g/mol. The van der Waals surface area contributed by atoms with Crippen LogP contribution in [0.1, 0.15) is 38.7 Å². The van der Waals surface area contributed by atoms with E-state index in [2.05, 4.69) is 25.2 Å². The van der Waals surface area contributed by atoms with Crippen molar-refractivity contribution in [2.24, 2.45) is 5.92 Å². The minimum absolute atomic E-state index is 0.247. The Kier molecular flexibility index (Phi) is 7.67. The molecule has 20 heavy (non-hydrogen) atoms. The third kappa shape index (κ3) is 6.53. The Morgan fingerprint density at radius 3 is 2.85 bits per heavy atom. The van der Waals surface area contributed by atoms with E-state index in [0.29, 0.717) is 25.5 Å². The third-order valence-electron chi connectivity index (χ3n) is 2.83. The number of nitriles is 1. The van der Waals surface area contributed by atoms with E-state index in [9.17, 15) is 4.39 Å². The van der Waals surface area contributed by atoms with Crippen LogP contribution in [0.4, 0.5) is 4.39 Å². The number of halogens is 1. The van der Waals surface area contributed by atoms with Crippen LogP contribution in [0.25, 0.3) is 0 Å². The molecule has 0 unspecified atom stereocenters. The van der Waals surface area contributed by atoms with E-state index in [-0.39, 0.29) is 5.82 Å². The summed E-state index contributed by atoms with van der Waals surface area (Å²) in [4.78, 5) is 0. The Balaban J connectivity index is 2.49. The number of hydrogen-bond donors (Lipinski definition) is 1. The van der Waals surface area contributed by atoms with Crippen LogP contribution in [0, 0.1) is 23.1 Å². The number of benzene rings is 1. The molecular formula is C16H23FN2O. The summed E-state index contributed by atoms with van der Waals surface area (Å²) in [6.45, 7) is 6.31. The van der Waals surface area contributed by atoms with E-state index in [0.717, 1.165) is 30.7 Å². The van der Waals surface area contributed by atoms with Crippen molar-refractivity contribution >= 4 is 0 Å². The van der Waals surface area contributed by atoms with Crippen LogP contribution in [0.5, 0.6) is 5.75 Å². The average Bonchev–Trinajstić information content (AvgIpc) is 2.40. The maximum Gasteiger partial charge on any atom is 0.123 e. The molecule has 0 fully saturated rings. The van der Waals surface area contributed by atoms with Crippen molar-refractivity contribution < 1.29 is 9.13 Å². The molecule has 0 bridgehead atoms. The summed E-state index contributed by atoms with van der Waals surface area (Å²) in [5, 5.41) is 11.7. The maximum atomic E-state index is 13.3. The molecule has 0 saturated heterocycles. The molecule has 0 aromatic heterocycles. The molecule has 0 aliphatic heterocycles. The van der Waals surface area contributed by atoms with E-state index in [1.165, 1.54) is 12.1 Å². The number of nitrogens with one attached hydrogen (secondary N) is 1. The van der Waals surface area contributed by atoms with E-state index in [1.807, 2.05) is 0 Å². The van der Waals surface area contributed by atoms with Crippen LogP contribution in [-0.4, -0.2) is 13.2 Å². The molecule has 1 aromatic carbocycles. The topological polar surface area (TPSA) is 45.0 Å². The predicted octanol–water partition coefficient (Wildman–Crippen LogP) is 3.64. The fourth-order valence-electron chi connectivity index (χ4n) is 1.81. The fraction of sp³-hybridized carbons (Fsp3) is 0.562. The molecule has 0 spiro atoms. The minimum atomic E-state index is -0.247. The maximum absolute atomic E-state index is 13.3. The molecule has 1 rings (SSSR count). The Morgan fingerprint density at radius 1 is 1.35 bits per heavy atom. The predicted molar refractivity (Wildman–Crippen MR) is 77.9 cm³/mol. The van der Waals surface area contributed by atoms with Crippen molar-refractivity contribution in [1.29, 1.82) is 5.26 Å². The van der Waals surface area contributed by atoms with Crippen LogP contribution in [0.3, 0.4) is 0 Å². The second-order valence-corrected chi connectivity index (χ2v) is 5.24. The van der Waals surface area contributed by atoms with Gasteiger partial charge in [0.05, 0.1) is 12.7 Å². The van der Waals surface area contributed by atoms with Crippen LogP contribution < -0.4 is 10.1 Å². The van der Waals surface area contributed by atoms with Gasteiger partial charge in [-0.1, -0.05) is 13.8 Å². The van der Waals surface area contributed by atoms with Crippen molar-refractivity contribution in [3.63, 3.8) is 0 Å². The van der Waals surface area contributed by atoms with Crippen molar-refractivity contribution in [2.45, 2.75) is 39.7 Å². The number of nitrogens with zero attached hydrogens (tertiary/aromatic N) is 1. The smallest absolute Gasteiger partial charge is 0.123 e. The highest BCUT2D eigenvalue weighted by Crippen LogP contribution is 2.20. The van der Waals surface area contributed by atoms with Gasteiger partial charge in [0.25, 0.3) is 0 Å². The van der Waals surface area contributed by atoms with Crippen LogP contribution >= 0.6 is 0 Å². The lowest BCUT2D eigenvalue weighted by Gasteiger charge is -2.13. The van der Waals surface area contributed by atoms with Gasteiger partial charge in [0.1, 0.15) is 11.6 Å². The van der Waals surface area contributed by atoms with Crippen molar-refractivity contribution in [3.05, 3.63) is 29.6 Å². The lowest BCUT2D eigenvalue weighted by molar-refractivity contribution is 0.303. The van der Waals surface area contributed by atoms with Gasteiger partial charge in [0.15, 0.2) is 0 Å². The van der Waals surface area contributed by atoms with Gasteiger partial charge in [0.2, 0.25) is 0 Å². The monoisotopic (exact) mass is 278 g/mol. The second kappa shape index (κ2) is 9.33. The summed E-state index contributed by atoms with van der Waals surface area (Å²) in [5.41, 5.74) is 0.839. The zero-order chi connectivity index (χ0) is 14.8. The standard InChI is InChI=1S/C16H23FN2O/c1-13(2)11-19-12-14-10-15(17)6-7-16(14)20-9-5-3-4-8-18/h6-7,10,13,19H,3-5,9,11-12H2,1-2H3. The summed E-state index contributed by atoms with van der Waals surface area (Å²) < 4.78 is 19.0. The zero-order valence-corrected chi connectivity index (χ0v) is 12.3. The minimum Gasteiger partial charge on any atom is -0.493 e. The lowest BCUT2D eigenvalue weighted by Crippen LogP contribution is -2.19. The summed E-state index contributed by atoms with van der Waals surface area (Å²) in [6, 6.07) is 6.71. The molecule has 0 atom stereocenters. The van der Waals surface area contributed by atoms with E-state index < -0.39 is 0 Å². The quantitative estimate of drug-likeness (QED) is 0.701. The van der Waals surface area contributed by atoms with Crippen molar-refractivity contribution in [1.82, 2.24) is 5.32 Å². The molecule has 110 valence electrons. The Hall–Kier alpha value is -1.60. The molecule has 1 aromatic rings. The number of unbranched alkanes of at least 4 members (excludes halogenated alkanes) is 2. The lowest BCUT2D eigenvalue weighted by atomic mass is 10.1. The summed E-state index contributed by atoms with van der Waals surface area (Å²) >= 11 is 0. The third-order valence-corrected chi connectivity index (χ3v) is 2.83. The molecule has 4 heteroatoms.